The lowest BCUT2D eigenvalue weighted by Gasteiger charge is -2.26. The van der Waals surface area contributed by atoms with Crippen LogP contribution < -0.4 is 0 Å². The van der Waals surface area contributed by atoms with Gasteiger partial charge in [-0.2, -0.15) is 0 Å². The number of hydrogen-bond donors (Lipinski definition) is 0. The van der Waals surface area contributed by atoms with Crippen LogP contribution in [0.15, 0.2) is 12.7 Å². The third-order valence-electron chi connectivity index (χ3n) is 2.62. The Morgan fingerprint density at radius 2 is 1.89 bits per heavy atom. The van der Waals surface area contributed by atoms with Gasteiger partial charge in [0.05, 0.1) is 6.10 Å². The largest absolute Gasteiger partial charge is 0.460 e. The van der Waals surface area contributed by atoms with Crippen molar-refractivity contribution in [2.24, 2.45) is 0 Å². The average molecular weight is 274 g/mol. The molecule has 106 valence electrons. The summed E-state index contributed by atoms with van der Waals surface area (Å²) in [6.07, 6.45) is 2.86. The molecule has 18 heavy (non-hydrogen) atoms. The molecule has 1 atom stereocenters. The topological polar surface area (TPSA) is 44.8 Å². The number of ether oxygens (including phenoxy) is 1. The molecule has 0 saturated carbocycles. The van der Waals surface area contributed by atoms with E-state index >= 15 is 0 Å². The molecule has 0 N–H and O–H groups in total. The van der Waals surface area contributed by atoms with E-state index in [0.717, 1.165) is 18.9 Å². The highest BCUT2D eigenvalue weighted by molar-refractivity contribution is 6.66. The summed E-state index contributed by atoms with van der Waals surface area (Å²) in [5, 5.41) is 0. The van der Waals surface area contributed by atoms with Gasteiger partial charge in [-0.3, -0.25) is 0 Å². The molecule has 5 heteroatoms. The van der Waals surface area contributed by atoms with Crippen LogP contribution in [0, 0.1) is 0 Å². The maximum atomic E-state index is 11.0. The van der Waals surface area contributed by atoms with E-state index in [-0.39, 0.29) is 12.1 Å². The van der Waals surface area contributed by atoms with Gasteiger partial charge >= 0.3 is 14.5 Å². The van der Waals surface area contributed by atoms with Crippen molar-refractivity contribution in [3.05, 3.63) is 12.7 Å². The molecular weight excluding hydrogens is 248 g/mol. The van der Waals surface area contributed by atoms with Gasteiger partial charge in [0.25, 0.3) is 0 Å². The highest BCUT2D eigenvalue weighted by Crippen LogP contribution is 2.18. The Morgan fingerprint density at radius 3 is 2.33 bits per heavy atom. The quantitative estimate of drug-likeness (QED) is 0.349. The van der Waals surface area contributed by atoms with Crippen LogP contribution in [-0.4, -0.2) is 33.8 Å². The summed E-state index contributed by atoms with van der Waals surface area (Å²) < 4.78 is 16.6. The fourth-order valence-corrected chi connectivity index (χ4v) is 4.25. The van der Waals surface area contributed by atoms with E-state index in [1.807, 2.05) is 20.8 Å². The maximum absolute atomic E-state index is 11.0. The number of rotatable bonds is 10. The van der Waals surface area contributed by atoms with E-state index in [0.29, 0.717) is 13.2 Å². The van der Waals surface area contributed by atoms with Gasteiger partial charge < -0.3 is 13.6 Å². The number of hydrogen-bond acceptors (Lipinski definition) is 4. The highest BCUT2D eigenvalue weighted by Gasteiger charge is 2.30. The van der Waals surface area contributed by atoms with Crippen molar-refractivity contribution in [3.63, 3.8) is 0 Å². The average Bonchev–Trinajstić information content (AvgIpc) is 2.29. The SMILES string of the molecule is C=CC(=O)OC(C)CCC[Si](C)(OCC)OCC. The van der Waals surface area contributed by atoms with Gasteiger partial charge in [0, 0.05) is 19.3 Å². The van der Waals surface area contributed by atoms with Gasteiger partial charge in [-0.1, -0.05) is 6.58 Å². The molecule has 0 heterocycles. The van der Waals surface area contributed by atoms with Gasteiger partial charge in [-0.15, -0.1) is 0 Å². The molecule has 1 unspecified atom stereocenters. The van der Waals surface area contributed by atoms with Crippen molar-refractivity contribution in [2.45, 2.75) is 52.3 Å². The monoisotopic (exact) mass is 274 g/mol. The van der Waals surface area contributed by atoms with Crippen LogP contribution in [0.2, 0.25) is 12.6 Å². The van der Waals surface area contributed by atoms with Gasteiger partial charge in [0.2, 0.25) is 0 Å². The number of carbonyl (C=O) groups excluding carboxylic acids is 1. The molecule has 0 radical (unpaired) electrons. The first kappa shape index (κ1) is 17.3. The van der Waals surface area contributed by atoms with Gasteiger partial charge in [0.1, 0.15) is 0 Å². The van der Waals surface area contributed by atoms with E-state index in [2.05, 4.69) is 13.1 Å². The Hall–Kier alpha value is -0.653. The Morgan fingerprint density at radius 1 is 1.33 bits per heavy atom. The molecule has 4 nitrogen and oxygen atoms in total. The molecule has 0 aliphatic rings. The van der Waals surface area contributed by atoms with Crippen LogP contribution in [0.3, 0.4) is 0 Å². The minimum Gasteiger partial charge on any atom is -0.460 e. The third-order valence-corrected chi connectivity index (χ3v) is 5.69. The third kappa shape index (κ3) is 7.63. The fourth-order valence-electron chi connectivity index (χ4n) is 1.81. The molecule has 0 aromatic rings. The van der Waals surface area contributed by atoms with E-state index in [1.165, 1.54) is 6.08 Å². The molecule has 0 aliphatic heterocycles. The van der Waals surface area contributed by atoms with Crippen molar-refractivity contribution >= 4 is 14.5 Å². The standard InChI is InChI=1S/C13H26O4Si/c1-6-13(14)17-12(4)10-9-11-18(5,15-7-2)16-8-3/h6,12H,1,7-11H2,2-5H3. The van der Waals surface area contributed by atoms with E-state index in [4.69, 9.17) is 13.6 Å². The molecule has 0 amide bonds. The molecule has 0 saturated heterocycles. The molecule has 0 spiro atoms. The maximum Gasteiger partial charge on any atom is 0.334 e. The highest BCUT2D eigenvalue weighted by atomic mass is 28.4. The Bertz CT molecular complexity index is 249. The number of esters is 1. The zero-order valence-electron chi connectivity index (χ0n) is 12.0. The van der Waals surface area contributed by atoms with Crippen LogP contribution in [0.5, 0.6) is 0 Å². The van der Waals surface area contributed by atoms with Crippen molar-refractivity contribution in [3.8, 4) is 0 Å². The van der Waals surface area contributed by atoms with Crippen molar-refractivity contribution in [1.29, 1.82) is 0 Å². The van der Waals surface area contributed by atoms with Crippen molar-refractivity contribution in [2.75, 3.05) is 13.2 Å². The van der Waals surface area contributed by atoms with E-state index in [1.54, 1.807) is 0 Å². The predicted molar refractivity (Wildman–Crippen MR) is 74.7 cm³/mol. The summed E-state index contributed by atoms with van der Waals surface area (Å²) in [7, 11) is -2.03. The summed E-state index contributed by atoms with van der Waals surface area (Å²) in [6, 6.07) is 0.921. The molecule has 0 rings (SSSR count). The summed E-state index contributed by atoms with van der Waals surface area (Å²) in [4.78, 5) is 11.0. The van der Waals surface area contributed by atoms with Crippen LogP contribution in [0.1, 0.15) is 33.6 Å². The Balaban J connectivity index is 3.98. The first-order valence-electron chi connectivity index (χ1n) is 6.58. The van der Waals surface area contributed by atoms with E-state index in [9.17, 15) is 4.79 Å². The van der Waals surface area contributed by atoms with Crippen molar-refractivity contribution in [1.82, 2.24) is 0 Å². The molecular formula is C13H26O4Si. The first-order chi connectivity index (χ1) is 8.47. The molecule has 0 fully saturated rings. The fraction of sp³-hybridized carbons (Fsp3) is 0.769. The smallest absolute Gasteiger partial charge is 0.334 e. The van der Waals surface area contributed by atoms with Gasteiger partial charge in [-0.25, -0.2) is 4.79 Å². The zero-order chi connectivity index (χ0) is 14.0. The Kier molecular flexibility index (Phi) is 8.96. The second-order valence-corrected chi connectivity index (χ2v) is 7.69. The van der Waals surface area contributed by atoms with Gasteiger partial charge in [0.15, 0.2) is 0 Å². The second kappa shape index (κ2) is 9.30. The summed E-state index contributed by atoms with van der Waals surface area (Å²) in [5.74, 6) is -0.364. The second-order valence-electron chi connectivity index (χ2n) is 4.34. The summed E-state index contributed by atoms with van der Waals surface area (Å²) in [5.41, 5.74) is 0. The lowest BCUT2D eigenvalue weighted by molar-refractivity contribution is -0.142. The first-order valence-corrected chi connectivity index (χ1v) is 9.10. The van der Waals surface area contributed by atoms with Crippen LogP contribution in [0.25, 0.3) is 0 Å². The molecule has 0 aliphatic carbocycles. The summed E-state index contributed by atoms with van der Waals surface area (Å²) >= 11 is 0. The van der Waals surface area contributed by atoms with Crippen LogP contribution in [0.4, 0.5) is 0 Å². The lowest BCUT2D eigenvalue weighted by Crippen LogP contribution is -2.38. The minimum atomic E-state index is -2.03. The number of carbonyl (C=O) groups is 1. The Labute approximate surface area is 112 Å². The molecule has 0 bridgehead atoms. The minimum absolute atomic E-state index is 0.0861. The zero-order valence-corrected chi connectivity index (χ0v) is 13.0. The van der Waals surface area contributed by atoms with E-state index < -0.39 is 8.56 Å². The molecule has 0 aromatic carbocycles. The summed E-state index contributed by atoms with van der Waals surface area (Å²) in [6.45, 7) is 12.7. The van der Waals surface area contributed by atoms with Crippen LogP contribution >= 0.6 is 0 Å². The normalized spacial score (nSPS) is 13.1. The molecule has 0 aromatic heterocycles. The van der Waals surface area contributed by atoms with Gasteiger partial charge in [-0.05, 0) is 46.2 Å². The van der Waals surface area contributed by atoms with Crippen molar-refractivity contribution < 1.29 is 18.4 Å². The predicted octanol–water partition coefficient (Wildman–Crippen LogP) is 3.03. The lowest BCUT2D eigenvalue weighted by atomic mass is 10.2. The van der Waals surface area contributed by atoms with Crippen LogP contribution in [-0.2, 0) is 18.4 Å².